The van der Waals surface area contributed by atoms with Crippen LogP contribution in [0.1, 0.15) is 58.8 Å². The fraction of sp³-hybridized carbons (Fsp3) is 1.00. The maximum Gasteiger partial charge on any atom is 0.0691 e. The van der Waals surface area contributed by atoms with Gasteiger partial charge in [0, 0.05) is 7.11 Å². The third kappa shape index (κ3) is 1.32. The summed E-state index contributed by atoms with van der Waals surface area (Å²) in [5, 5.41) is 0. The van der Waals surface area contributed by atoms with Crippen molar-refractivity contribution in [2.45, 2.75) is 64.4 Å². The van der Waals surface area contributed by atoms with Crippen LogP contribution in [-0.2, 0) is 4.74 Å². The molecule has 4 fully saturated rings. The molecule has 4 aliphatic rings. The van der Waals surface area contributed by atoms with E-state index in [1.165, 1.54) is 44.9 Å². The van der Waals surface area contributed by atoms with Crippen LogP contribution in [0.3, 0.4) is 0 Å². The lowest BCUT2D eigenvalue weighted by Gasteiger charge is -2.65. The highest BCUT2D eigenvalue weighted by Crippen LogP contribution is 2.68. The summed E-state index contributed by atoms with van der Waals surface area (Å²) in [5.41, 5.74) is 1.51. The molecule has 0 aromatic rings. The topological polar surface area (TPSA) is 9.23 Å². The molecule has 0 unspecified atom stereocenters. The summed E-state index contributed by atoms with van der Waals surface area (Å²) in [5.74, 6) is 0.964. The van der Waals surface area contributed by atoms with E-state index in [1.807, 2.05) is 7.11 Å². The van der Waals surface area contributed by atoms with Gasteiger partial charge in [0.1, 0.15) is 0 Å². The molecule has 15 heavy (non-hydrogen) atoms. The maximum atomic E-state index is 5.94. The van der Waals surface area contributed by atoms with E-state index < -0.39 is 0 Å². The molecule has 86 valence electrons. The van der Waals surface area contributed by atoms with Gasteiger partial charge in [0.2, 0.25) is 0 Å². The van der Waals surface area contributed by atoms with Crippen LogP contribution in [0.5, 0.6) is 0 Å². The second-order valence-corrected chi connectivity index (χ2v) is 7.06. The van der Waals surface area contributed by atoms with Crippen LogP contribution in [0, 0.1) is 16.7 Å². The summed E-state index contributed by atoms with van der Waals surface area (Å²) >= 11 is 0. The molecule has 0 saturated heterocycles. The molecule has 4 rings (SSSR count). The minimum Gasteiger partial charge on any atom is -0.378 e. The molecule has 4 atom stereocenters. The van der Waals surface area contributed by atoms with Crippen molar-refractivity contribution in [2.24, 2.45) is 16.7 Å². The van der Waals surface area contributed by atoms with Crippen molar-refractivity contribution in [2.75, 3.05) is 7.11 Å². The van der Waals surface area contributed by atoms with Crippen LogP contribution in [-0.4, -0.2) is 12.7 Å². The third-order valence-corrected chi connectivity index (χ3v) is 5.59. The van der Waals surface area contributed by atoms with Gasteiger partial charge in [-0.15, -0.1) is 0 Å². The lowest BCUT2D eigenvalue weighted by Crippen LogP contribution is -2.59. The van der Waals surface area contributed by atoms with E-state index in [1.54, 1.807) is 0 Å². The minimum absolute atomic E-state index is 0.268. The van der Waals surface area contributed by atoms with Crippen LogP contribution >= 0.6 is 0 Å². The predicted molar refractivity (Wildman–Crippen MR) is 61.8 cm³/mol. The Morgan fingerprint density at radius 3 is 2.53 bits per heavy atom. The first-order valence-electron chi connectivity index (χ1n) is 6.58. The van der Waals surface area contributed by atoms with E-state index in [0.717, 1.165) is 5.92 Å². The van der Waals surface area contributed by atoms with E-state index >= 15 is 0 Å². The van der Waals surface area contributed by atoms with Crippen LogP contribution in [0.15, 0.2) is 0 Å². The highest BCUT2D eigenvalue weighted by Gasteiger charge is 2.61. The molecular formula is C14H24O. The second kappa shape index (κ2) is 2.80. The van der Waals surface area contributed by atoms with Crippen molar-refractivity contribution >= 4 is 0 Å². The fourth-order valence-electron chi connectivity index (χ4n) is 5.66. The highest BCUT2D eigenvalue weighted by molar-refractivity contribution is 5.12. The third-order valence-electron chi connectivity index (χ3n) is 5.59. The molecular weight excluding hydrogens is 184 g/mol. The first-order chi connectivity index (χ1) is 7.03. The van der Waals surface area contributed by atoms with Crippen molar-refractivity contribution in [3.63, 3.8) is 0 Å². The highest BCUT2D eigenvalue weighted by atomic mass is 16.5. The Morgan fingerprint density at radius 2 is 1.93 bits per heavy atom. The molecule has 0 N–H and O–H groups in total. The van der Waals surface area contributed by atoms with E-state index in [2.05, 4.69) is 13.8 Å². The monoisotopic (exact) mass is 208 g/mol. The lowest BCUT2D eigenvalue weighted by atomic mass is 9.42. The standard InChI is InChI=1S/C14H24O/c1-4-13-6-11-5-12(2,8-13)9-14(7-11,10-13)15-3/h11H,4-10H2,1-3H3/t11-,12+,13-,14-/m1/s1. The molecule has 1 heteroatoms. The average molecular weight is 208 g/mol. The summed E-state index contributed by atoms with van der Waals surface area (Å²) in [6, 6.07) is 0. The Bertz CT molecular complexity index is 263. The Kier molecular flexibility index (Phi) is 1.89. The van der Waals surface area contributed by atoms with Crippen molar-refractivity contribution in [3.05, 3.63) is 0 Å². The van der Waals surface area contributed by atoms with Gasteiger partial charge in [0.15, 0.2) is 0 Å². The first kappa shape index (κ1) is 10.1. The Labute approximate surface area is 93.6 Å². The van der Waals surface area contributed by atoms with Crippen molar-refractivity contribution < 1.29 is 4.74 Å². The van der Waals surface area contributed by atoms with Gasteiger partial charge < -0.3 is 4.74 Å². The molecule has 4 aliphatic carbocycles. The average Bonchev–Trinajstić information content (AvgIpc) is 2.14. The number of methoxy groups -OCH3 is 1. The predicted octanol–water partition coefficient (Wildman–Crippen LogP) is 3.77. The van der Waals surface area contributed by atoms with E-state index in [9.17, 15) is 0 Å². The molecule has 0 spiro atoms. The van der Waals surface area contributed by atoms with E-state index in [4.69, 9.17) is 4.74 Å². The molecule has 0 aliphatic heterocycles. The van der Waals surface area contributed by atoms with Gasteiger partial charge >= 0.3 is 0 Å². The van der Waals surface area contributed by atoms with Gasteiger partial charge in [0.05, 0.1) is 5.60 Å². The summed E-state index contributed by atoms with van der Waals surface area (Å²) in [6.07, 6.45) is 9.82. The Balaban J connectivity index is 2.00. The van der Waals surface area contributed by atoms with Crippen molar-refractivity contribution in [1.29, 1.82) is 0 Å². The molecule has 4 bridgehead atoms. The first-order valence-corrected chi connectivity index (χ1v) is 6.58. The van der Waals surface area contributed by atoms with Crippen molar-refractivity contribution in [3.8, 4) is 0 Å². The lowest BCUT2D eigenvalue weighted by molar-refractivity contribution is -0.208. The van der Waals surface area contributed by atoms with Crippen LogP contribution in [0.4, 0.5) is 0 Å². The van der Waals surface area contributed by atoms with Crippen LogP contribution in [0.25, 0.3) is 0 Å². The van der Waals surface area contributed by atoms with Gasteiger partial charge in [-0.2, -0.15) is 0 Å². The summed E-state index contributed by atoms with van der Waals surface area (Å²) < 4.78 is 5.94. The van der Waals surface area contributed by atoms with Gasteiger partial charge in [-0.25, -0.2) is 0 Å². The van der Waals surface area contributed by atoms with Gasteiger partial charge in [-0.3, -0.25) is 0 Å². The van der Waals surface area contributed by atoms with Crippen LogP contribution in [0.2, 0.25) is 0 Å². The zero-order chi connectivity index (χ0) is 10.7. The SMILES string of the molecule is CC[C@@]12C[C@H]3C[C@@](C)(C1)C[C@](OC)(C3)C2. The zero-order valence-electron chi connectivity index (χ0n) is 10.4. The molecule has 0 aromatic carbocycles. The normalized spacial score (nSPS) is 57.4. The smallest absolute Gasteiger partial charge is 0.0691 e. The molecule has 0 heterocycles. The zero-order valence-corrected chi connectivity index (χ0v) is 10.4. The second-order valence-electron chi connectivity index (χ2n) is 7.06. The van der Waals surface area contributed by atoms with Crippen LogP contribution < -0.4 is 0 Å². The Morgan fingerprint density at radius 1 is 1.13 bits per heavy atom. The summed E-state index contributed by atoms with van der Waals surface area (Å²) in [4.78, 5) is 0. The number of ether oxygens (including phenoxy) is 1. The van der Waals surface area contributed by atoms with E-state index in [0.29, 0.717) is 10.8 Å². The van der Waals surface area contributed by atoms with Gasteiger partial charge in [0.25, 0.3) is 0 Å². The summed E-state index contributed by atoms with van der Waals surface area (Å²) in [7, 11) is 1.94. The quantitative estimate of drug-likeness (QED) is 0.671. The largest absolute Gasteiger partial charge is 0.378 e. The fourth-order valence-corrected chi connectivity index (χ4v) is 5.66. The van der Waals surface area contributed by atoms with E-state index in [-0.39, 0.29) is 5.60 Å². The van der Waals surface area contributed by atoms with Gasteiger partial charge in [-0.1, -0.05) is 20.3 Å². The number of hydrogen-bond acceptors (Lipinski definition) is 1. The minimum atomic E-state index is 0.268. The number of rotatable bonds is 2. The molecule has 0 aromatic heterocycles. The van der Waals surface area contributed by atoms with Gasteiger partial charge in [-0.05, 0) is 55.3 Å². The maximum absolute atomic E-state index is 5.94. The molecule has 0 radical (unpaired) electrons. The molecule has 0 amide bonds. The number of hydrogen-bond donors (Lipinski definition) is 0. The molecule has 1 nitrogen and oxygen atoms in total. The molecule has 4 saturated carbocycles. The summed E-state index contributed by atoms with van der Waals surface area (Å²) in [6.45, 7) is 4.90. The Hall–Kier alpha value is -0.0400. The van der Waals surface area contributed by atoms with Crippen molar-refractivity contribution in [1.82, 2.24) is 0 Å².